The third-order valence-corrected chi connectivity index (χ3v) is 3.04. The smallest absolute Gasteiger partial charge is 0.496 e. The second kappa shape index (κ2) is 8.27. The van der Waals surface area contributed by atoms with Crippen molar-refractivity contribution in [3.8, 4) is 0 Å². The van der Waals surface area contributed by atoms with Gasteiger partial charge in [-0.2, -0.15) is 8.42 Å². The lowest BCUT2D eigenvalue weighted by molar-refractivity contribution is -0.146. The first-order valence-corrected chi connectivity index (χ1v) is 7.97. The first-order chi connectivity index (χ1) is 10.2. The standard InChI is InChI=1S/C11H18BNO8S/c1-3-4-5-6-9(21-22(16,17)18)12-19-10(14)7-13(2)8-11(15)20-12/h5-6,9H,3-4,7-8H2,1-2H3,(H,16,17,18)/b6-5+. The lowest BCUT2D eigenvalue weighted by atomic mass is 9.80. The Morgan fingerprint density at radius 1 is 1.36 bits per heavy atom. The van der Waals surface area contributed by atoms with Crippen molar-refractivity contribution in [2.45, 2.75) is 25.8 Å². The van der Waals surface area contributed by atoms with E-state index in [4.69, 9.17) is 13.9 Å². The number of allylic oxidation sites excluding steroid dienone is 1. The van der Waals surface area contributed by atoms with Gasteiger partial charge in [-0.3, -0.25) is 19.0 Å². The van der Waals surface area contributed by atoms with Gasteiger partial charge in [-0.25, -0.2) is 4.18 Å². The lowest BCUT2D eigenvalue weighted by Gasteiger charge is -2.24. The van der Waals surface area contributed by atoms with E-state index in [2.05, 4.69) is 4.18 Å². The Balaban J connectivity index is 2.93. The molecule has 1 unspecified atom stereocenters. The van der Waals surface area contributed by atoms with Crippen LogP contribution in [0.15, 0.2) is 12.2 Å². The SMILES string of the molecule is CCC/C=C/C(OS(=O)(=O)O)B1OC(=O)CN(C)CC(=O)O1. The number of carbonyl (C=O) groups is 2. The van der Waals surface area contributed by atoms with Gasteiger partial charge in [0.1, 0.15) is 0 Å². The van der Waals surface area contributed by atoms with Gasteiger partial charge in [0.25, 0.3) is 0 Å². The number of likely N-dealkylation sites (N-methyl/N-ethyl adjacent to an activating group) is 1. The summed E-state index contributed by atoms with van der Waals surface area (Å²) >= 11 is 0. The first kappa shape index (κ1) is 18.6. The maximum Gasteiger partial charge on any atom is 0.635 e. The zero-order valence-electron chi connectivity index (χ0n) is 12.3. The van der Waals surface area contributed by atoms with Crippen molar-refractivity contribution in [2.24, 2.45) is 0 Å². The maximum atomic E-state index is 11.6. The fraction of sp³-hybridized carbons (Fsp3) is 0.636. The third kappa shape index (κ3) is 7.03. The van der Waals surface area contributed by atoms with Gasteiger partial charge >= 0.3 is 29.5 Å². The van der Waals surface area contributed by atoms with Gasteiger partial charge in [0.05, 0.1) is 13.1 Å². The fourth-order valence-electron chi connectivity index (χ4n) is 1.69. The minimum Gasteiger partial charge on any atom is -0.496 e. The molecule has 1 atom stereocenters. The molecule has 0 aliphatic carbocycles. The largest absolute Gasteiger partial charge is 0.635 e. The molecule has 22 heavy (non-hydrogen) atoms. The fourth-order valence-corrected chi connectivity index (χ4v) is 2.13. The zero-order chi connectivity index (χ0) is 16.8. The molecule has 9 nitrogen and oxygen atoms in total. The minimum absolute atomic E-state index is 0.164. The van der Waals surface area contributed by atoms with Crippen LogP contribution in [0.4, 0.5) is 0 Å². The predicted octanol–water partition coefficient (Wildman–Crippen LogP) is -0.410. The molecule has 11 heteroatoms. The van der Waals surface area contributed by atoms with Crippen LogP contribution in [0.2, 0.25) is 0 Å². The first-order valence-electron chi connectivity index (χ1n) is 6.61. The minimum atomic E-state index is -4.82. The molecule has 1 aliphatic heterocycles. The van der Waals surface area contributed by atoms with E-state index in [9.17, 15) is 18.0 Å². The van der Waals surface area contributed by atoms with Crippen LogP contribution in [0.3, 0.4) is 0 Å². The number of nitrogens with zero attached hydrogens (tertiary/aromatic N) is 1. The van der Waals surface area contributed by atoms with E-state index in [0.29, 0.717) is 6.42 Å². The average molecular weight is 335 g/mol. The Morgan fingerprint density at radius 2 is 1.91 bits per heavy atom. The number of carbonyl (C=O) groups excluding carboxylic acids is 2. The van der Waals surface area contributed by atoms with Gasteiger partial charge in [-0.1, -0.05) is 25.5 Å². The van der Waals surface area contributed by atoms with E-state index in [0.717, 1.165) is 6.42 Å². The Morgan fingerprint density at radius 3 is 2.36 bits per heavy atom. The van der Waals surface area contributed by atoms with Gasteiger partial charge in [0.15, 0.2) is 6.00 Å². The van der Waals surface area contributed by atoms with E-state index in [1.807, 2.05) is 6.92 Å². The van der Waals surface area contributed by atoms with Crippen LogP contribution in [-0.2, 0) is 33.5 Å². The lowest BCUT2D eigenvalue weighted by Crippen LogP contribution is -2.48. The Labute approximate surface area is 129 Å². The molecule has 0 aromatic rings. The van der Waals surface area contributed by atoms with Crippen LogP contribution in [0.1, 0.15) is 19.8 Å². The zero-order valence-corrected chi connectivity index (χ0v) is 13.1. The molecule has 1 N–H and O–H groups in total. The summed E-state index contributed by atoms with van der Waals surface area (Å²) in [5, 5.41) is 0. The van der Waals surface area contributed by atoms with Crippen molar-refractivity contribution in [3.05, 3.63) is 12.2 Å². The molecule has 1 aliphatic rings. The third-order valence-electron chi connectivity index (χ3n) is 2.58. The van der Waals surface area contributed by atoms with Crippen LogP contribution < -0.4 is 0 Å². The Kier molecular flexibility index (Phi) is 7.00. The molecule has 1 heterocycles. The van der Waals surface area contributed by atoms with Crippen molar-refractivity contribution >= 4 is 29.5 Å². The molecule has 124 valence electrons. The van der Waals surface area contributed by atoms with Crippen LogP contribution in [0.25, 0.3) is 0 Å². The second-order valence-electron chi connectivity index (χ2n) is 4.73. The van der Waals surface area contributed by atoms with Gasteiger partial charge in [0, 0.05) is 0 Å². The second-order valence-corrected chi connectivity index (χ2v) is 5.77. The molecule has 0 aromatic carbocycles. The molecule has 0 bridgehead atoms. The highest BCUT2D eigenvalue weighted by Crippen LogP contribution is 2.11. The predicted molar refractivity (Wildman–Crippen MR) is 75.9 cm³/mol. The number of hydrogen-bond acceptors (Lipinski definition) is 8. The van der Waals surface area contributed by atoms with Crippen LogP contribution in [0, 0.1) is 0 Å². The topological polar surface area (TPSA) is 119 Å². The summed E-state index contributed by atoms with van der Waals surface area (Å²) in [4.78, 5) is 24.6. The molecule has 0 spiro atoms. The maximum absolute atomic E-state index is 11.6. The molecule has 0 saturated carbocycles. The number of hydrogen-bond donors (Lipinski definition) is 1. The number of unbranched alkanes of at least 4 members (excludes halogenated alkanes) is 1. The molecule has 1 saturated heterocycles. The van der Waals surface area contributed by atoms with Crippen molar-refractivity contribution in [3.63, 3.8) is 0 Å². The normalized spacial score (nSPS) is 19.5. The molecule has 0 amide bonds. The molecule has 0 aromatic heterocycles. The highest BCUT2D eigenvalue weighted by atomic mass is 32.3. The molecule has 1 fully saturated rings. The van der Waals surface area contributed by atoms with Crippen LogP contribution >= 0.6 is 0 Å². The highest BCUT2D eigenvalue weighted by Gasteiger charge is 2.41. The van der Waals surface area contributed by atoms with E-state index >= 15 is 0 Å². The highest BCUT2D eigenvalue weighted by molar-refractivity contribution is 7.81. The summed E-state index contributed by atoms with van der Waals surface area (Å²) in [6.07, 6.45) is 4.21. The number of rotatable bonds is 6. The van der Waals surface area contributed by atoms with Crippen LogP contribution in [-0.4, -0.2) is 63.1 Å². The molecular formula is C11H18BNO8S. The Hall–Kier alpha value is -1.43. The van der Waals surface area contributed by atoms with Crippen LogP contribution in [0.5, 0.6) is 0 Å². The molecule has 0 radical (unpaired) electrons. The molecular weight excluding hydrogens is 317 g/mol. The van der Waals surface area contributed by atoms with Crippen molar-refractivity contribution in [1.82, 2.24) is 4.90 Å². The summed E-state index contributed by atoms with van der Waals surface area (Å²) in [6.45, 7) is 1.57. The van der Waals surface area contributed by atoms with Gasteiger partial charge < -0.3 is 9.31 Å². The van der Waals surface area contributed by atoms with E-state index in [-0.39, 0.29) is 13.1 Å². The van der Waals surface area contributed by atoms with Crippen molar-refractivity contribution in [1.29, 1.82) is 0 Å². The van der Waals surface area contributed by atoms with Crippen molar-refractivity contribution < 1.29 is 36.1 Å². The van der Waals surface area contributed by atoms with Gasteiger partial charge in [-0.15, -0.1) is 0 Å². The van der Waals surface area contributed by atoms with E-state index in [1.165, 1.54) is 18.0 Å². The Bertz CT molecular complexity index is 514. The monoisotopic (exact) mass is 335 g/mol. The summed E-state index contributed by atoms with van der Waals surface area (Å²) in [6, 6.07) is -1.46. The summed E-state index contributed by atoms with van der Waals surface area (Å²) < 4.78 is 44.8. The average Bonchev–Trinajstić information content (AvgIpc) is 2.33. The summed E-state index contributed by atoms with van der Waals surface area (Å²) in [5.74, 6) is -1.43. The quantitative estimate of drug-likeness (QED) is 0.392. The van der Waals surface area contributed by atoms with E-state index in [1.54, 1.807) is 6.08 Å². The van der Waals surface area contributed by atoms with Gasteiger partial charge in [-0.05, 0) is 13.5 Å². The summed E-state index contributed by atoms with van der Waals surface area (Å²) in [5.41, 5.74) is 0. The van der Waals surface area contributed by atoms with Crippen molar-refractivity contribution in [2.75, 3.05) is 20.1 Å². The molecule has 1 rings (SSSR count). The summed E-state index contributed by atoms with van der Waals surface area (Å²) in [7, 11) is -4.89. The van der Waals surface area contributed by atoms with Gasteiger partial charge in [0.2, 0.25) is 0 Å². The van der Waals surface area contributed by atoms with E-state index < -0.39 is 35.5 Å².